The molecule has 0 unspecified atom stereocenters. The number of hydrogen-bond donors (Lipinski definition) is 2. The van der Waals surface area contributed by atoms with Gasteiger partial charge < -0.3 is 19.7 Å². The number of anilines is 2. The maximum atomic E-state index is 12.9. The molecular formula is C23H21BrN2O4. The van der Waals surface area contributed by atoms with Crippen molar-refractivity contribution in [1.29, 1.82) is 0 Å². The minimum absolute atomic E-state index is 0.0368. The Kier molecular flexibility index (Phi) is 5.63. The number of carboxylic acids is 1. The Bertz CT molecular complexity index is 1100. The number of benzene rings is 2. The molecule has 0 saturated carbocycles. The van der Waals surface area contributed by atoms with Gasteiger partial charge in [0.25, 0.3) is 0 Å². The van der Waals surface area contributed by atoms with Crippen LogP contribution in [0.3, 0.4) is 0 Å². The summed E-state index contributed by atoms with van der Waals surface area (Å²) in [5.74, 6) is -0.205. The highest BCUT2D eigenvalue weighted by Gasteiger charge is 2.31. The van der Waals surface area contributed by atoms with Crippen LogP contribution in [0.15, 0.2) is 53.0 Å². The van der Waals surface area contributed by atoms with Crippen LogP contribution in [0.2, 0.25) is 0 Å². The number of ether oxygens (including phenoxy) is 1. The summed E-state index contributed by atoms with van der Waals surface area (Å²) < 4.78 is 7.97. The van der Waals surface area contributed by atoms with Gasteiger partial charge in [0, 0.05) is 27.8 Å². The van der Waals surface area contributed by atoms with Gasteiger partial charge in [0.05, 0.1) is 24.1 Å². The molecule has 0 radical (unpaired) electrons. The Morgan fingerprint density at radius 1 is 1.13 bits per heavy atom. The van der Waals surface area contributed by atoms with Crippen molar-refractivity contribution in [2.75, 3.05) is 12.4 Å². The van der Waals surface area contributed by atoms with Crippen LogP contribution in [-0.4, -0.2) is 28.5 Å². The van der Waals surface area contributed by atoms with Crippen LogP contribution in [0.5, 0.6) is 5.75 Å². The lowest BCUT2D eigenvalue weighted by molar-refractivity contribution is -0.137. The SMILES string of the molecule is COc1ccc(-c2c(Nc3ccc(Br)cc3)c3c(n2CC(=O)O)CCCC3=O)cc1. The number of fused-ring (bicyclic) bond motifs is 1. The van der Waals surface area contributed by atoms with Gasteiger partial charge in [-0.3, -0.25) is 9.59 Å². The topological polar surface area (TPSA) is 80.6 Å². The van der Waals surface area contributed by atoms with Gasteiger partial charge in [0.1, 0.15) is 12.3 Å². The van der Waals surface area contributed by atoms with Gasteiger partial charge in [0.15, 0.2) is 5.78 Å². The van der Waals surface area contributed by atoms with Gasteiger partial charge in [0.2, 0.25) is 0 Å². The number of aromatic nitrogens is 1. The molecule has 3 aromatic rings. The van der Waals surface area contributed by atoms with E-state index in [4.69, 9.17) is 4.74 Å². The number of carbonyl (C=O) groups excluding carboxylic acids is 1. The predicted octanol–water partition coefficient (Wildman–Crippen LogP) is 5.27. The zero-order chi connectivity index (χ0) is 21.3. The van der Waals surface area contributed by atoms with Crippen LogP contribution in [0.1, 0.15) is 28.9 Å². The van der Waals surface area contributed by atoms with E-state index in [0.29, 0.717) is 35.5 Å². The highest BCUT2D eigenvalue weighted by Crippen LogP contribution is 2.42. The number of methoxy groups -OCH3 is 1. The number of halogens is 1. The van der Waals surface area contributed by atoms with E-state index in [2.05, 4.69) is 21.2 Å². The van der Waals surface area contributed by atoms with Gasteiger partial charge in [-0.15, -0.1) is 0 Å². The number of rotatable bonds is 6. The lowest BCUT2D eigenvalue weighted by atomic mass is 9.94. The molecule has 154 valence electrons. The monoisotopic (exact) mass is 468 g/mol. The zero-order valence-electron chi connectivity index (χ0n) is 16.4. The van der Waals surface area contributed by atoms with Gasteiger partial charge in [-0.25, -0.2) is 0 Å². The van der Waals surface area contributed by atoms with Crippen molar-refractivity contribution in [2.45, 2.75) is 25.8 Å². The first-order chi connectivity index (χ1) is 14.5. The number of nitrogens with one attached hydrogen (secondary N) is 1. The third-order valence-electron chi connectivity index (χ3n) is 5.24. The smallest absolute Gasteiger partial charge is 0.323 e. The number of ketones is 1. The quantitative estimate of drug-likeness (QED) is 0.514. The number of hydrogen-bond acceptors (Lipinski definition) is 4. The fourth-order valence-corrected chi connectivity index (χ4v) is 4.19. The van der Waals surface area contributed by atoms with Gasteiger partial charge >= 0.3 is 5.97 Å². The maximum Gasteiger partial charge on any atom is 0.323 e. The molecule has 0 saturated heterocycles. The van der Waals surface area contributed by atoms with Gasteiger partial charge in [-0.05, 0) is 61.4 Å². The molecule has 0 spiro atoms. The Morgan fingerprint density at radius 3 is 2.47 bits per heavy atom. The van der Waals surface area contributed by atoms with E-state index in [-0.39, 0.29) is 12.3 Å². The first-order valence-electron chi connectivity index (χ1n) is 9.65. The Balaban J connectivity index is 1.94. The minimum atomic E-state index is -0.948. The van der Waals surface area contributed by atoms with E-state index < -0.39 is 5.97 Å². The van der Waals surface area contributed by atoms with E-state index >= 15 is 0 Å². The molecule has 0 amide bonds. The molecule has 6 nitrogen and oxygen atoms in total. The van der Waals surface area contributed by atoms with Crippen molar-refractivity contribution in [1.82, 2.24) is 4.57 Å². The molecule has 4 rings (SSSR count). The van der Waals surface area contributed by atoms with E-state index in [1.54, 1.807) is 11.7 Å². The molecule has 7 heteroatoms. The summed E-state index contributed by atoms with van der Waals surface area (Å²) >= 11 is 3.43. The number of aliphatic carboxylic acids is 1. The van der Waals surface area contributed by atoms with Crippen LogP contribution < -0.4 is 10.1 Å². The summed E-state index contributed by atoms with van der Waals surface area (Å²) in [5.41, 5.74) is 4.36. The highest BCUT2D eigenvalue weighted by molar-refractivity contribution is 9.10. The van der Waals surface area contributed by atoms with Gasteiger partial charge in [-0.2, -0.15) is 0 Å². The largest absolute Gasteiger partial charge is 0.497 e. The van der Waals surface area contributed by atoms with Crippen LogP contribution in [-0.2, 0) is 17.8 Å². The number of carboxylic acid groups (broad SMARTS) is 1. The number of Topliss-reactive ketones (excluding diaryl/α,β-unsaturated/α-hetero) is 1. The van der Waals surface area contributed by atoms with Crippen molar-refractivity contribution in [3.8, 4) is 17.0 Å². The van der Waals surface area contributed by atoms with E-state index in [1.165, 1.54) is 0 Å². The van der Waals surface area contributed by atoms with Crippen molar-refractivity contribution < 1.29 is 19.4 Å². The second kappa shape index (κ2) is 8.36. The summed E-state index contributed by atoms with van der Waals surface area (Å²) in [6.45, 7) is -0.209. The molecule has 1 aromatic heterocycles. The van der Waals surface area contributed by atoms with Crippen molar-refractivity contribution in [2.24, 2.45) is 0 Å². The summed E-state index contributed by atoms with van der Waals surface area (Å²) in [4.78, 5) is 24.6. The van der Waals surface area contributed by atoms with Crippen molar-refractivity contribution in [3.63, 3.8) is 0 Å². The van der Waals surface area contributed by atoms with Crippen LogP contribution >= 0.6 is 15.9 Å². The molecule has 1 heterocycles. The molecule has 30 heavy (non-hydrogen) atoms. The average molecular weight is 469 g/mol. The number of carbonyl (C=O) groups is 2. The zero-order valence-corrected chi connectivity index (χ0v) is 18.0. The second-order valence-corrected chi connectivity index (χ2v) is 8.08. The van der Waals surface area contributed by atoms with Crippen molar-refractivity contribution >= 4 is 39.1 Å². The molecule has 0 atom stereocenters. The average Bonchev–Trinajstić information content (AvgIpc) is 3.03. The lowest BCUT2D eigenvalue weighted by Crippen LogP contribution is -2.17. The van der Waals surface area contributed by atoms with Crippen LogP contribution in [0.4, 0.5) is 11.4 Å². The maximum absolute atomic E-state index is 12.9. The second-order valence-electron chi connectivity index (χ2n) is 7.16. The fourth-order valence-electron chi connectivity index (χ4n) is 3.93. The standard InChI is InChI=1S/C23H21BrN2O4/c1-30-17-11-5-14(6-12-17)23-22(25-16-9-7-15(24)8-10-16)21-18(3-2-4-19(21)27)26(23)13-20(28)29/h5-12,25H,2-4,13H2,1H3,(H,28,29). The molecule has 2 aromatic carbocycles. The van der Waals surface area contributed by atoms with Crippen LogP contribution in [0.25, 0.3) is 11.3 Å². The molecule has 0 fully saturated rings. The Labute approximate surface area is 182 Å². The molecule has 1 aliphatic carbocycles. The summed E-state index contributed by atoms with van der Waals surface area (Å²) in [7, 11) is 1.60. The van der Waals surface area contributed by atoms with Gasteiger partial charge in [-0.1, -0.05) is 15.9 Å². The van der Waals surface area contributed by atoms with E-state index in [0.717, 1.165) is 27.8 Å². The van der Waals surface area contributed by atoms with E-state index in [9.17, 15) is 14.7 Å². The predicted molar refractivity (Wildman–Crippen MR) is 119 cm³/mol. The molecule has 1 aliphatic rings. The van der Waals surface area contributed by atoms with Crippen molar-refractivity contribution in [3.05, 3.63) is 64.3 Å². The summed E-state index contributed by atoms with van der Waals surface area (Å²) in [6, 6.07) is 15.1. The number of nitrogens with zero attached hydrogens (tertiary/aromatic N) is 1. The first kappa shape index (κ1) is 20.2. The third kappa shape index (κ3) is 3.85. The molecular weight excluding hydrogens is 448 g/mol. The summed E-state index contributed by atoms with van der Waals surface area (Å²) in [6.07, 6.45) is 1.84. The Morgan fingerprint density at radius 2 is 1.83 bits per heavy atom. The highest BCUT2D eigenvalue weighted by atomic mass is 79.9. The minimum Gasteiger partial charge on any atom is -0.497 e. The van der Waals surface area contributed by atoms with E-state index in [1.807, 2.05) is 48.5 Å². The fraction of sp³-hybridized carbons (Fsp3) is 0.217. The first-order valence-corrected chi connectivity index (χ1v) is 10.4. The molecule has 0 bridgehead atoms. The summed E-state index contributed by atoms with van der Waals surface area (Å²) in [5, 5.41) is 13.0. The lowest BCUT2D eigenvalue weighted by Gasteiger charge is -2.15. The van der Waals surface area contributed by atoms with Crippen LogP contribution in [0, 0.1) is 0 Å². The Hall–Kier alpha value is -3.06. The normalized spacial score (nSPS) is 13.1. The molecule has 2 N–H and O–H groups in total. The third-order valence-corrected chi connectivity index (χ3v) is 5.77. The molecule has 0 aliphatic heterocycles.